The maximum atomic E-state index is 13.5. The van der Waals surface area contributed by atoms with Crippen molar-refractivity contribution in [1.29, 1.82) is 0 Å². The van der Waals surface area contributed by atoms with Crippen LogP contribution in [0.4, 0.5) is 31.1 Å². The Hall–Kier alpha value is -3.92. The van der Waals surface area contributed by atoms with Gasteiger partial charge < -0.3 is 16.0 Å². The topological polar surface area (TPSA) is 145 Å². The Bertz CT molecular complexity index is 1400. The average Bonchev–Trinajstić information content (AvgIpc) is 3.50. The smallest absolute Gasteiger partial charge is 0.364 e. The molecule has 11 nitrogen and oxygen atoms in total. The normalized spacial score (nSPS) is 19.5. The van der Waals surface area contributed by atoms with Gasteiger partial charge in [0.1, 0.15) is 5.69 Å². The first-order valence-corrected chi connectivity index (χ1v) is 11.6. The van der Waals surface area contributed by atoms with Crippen molar-refractivity contribution in [3.63, 3.8) is 0 Å². The van der Waals surface area contributed by atoms with E-state index < -0.39 is 47.7 Å². The van der Waals surface area contributed by atoms with Crippen molar-refractivity contribution in [2.24, 2.45) is 11.1 Å². The third-order valence-electron chi connectivity index (χ3n) is 6.83. The summed E-state index contributed by atoms with van der Waals surface area (Å²) in [6.45, 7) is 2.13. The van der Waals surface area contributed by atoms with Gasteiger partial charge in [0, 0.05) is 6.54 Å². The summed E-state index contributed by atoms with van der Waals surface area (Å²) in [7, 11) is 0. The summed E-state index contributed by atoms with van der Waals surface area (Å²) in [6.07, 6.45) is -6.97. The van der Waals surface area contributed by atoms with Gasteiger partial charge in [0.2, 0.25) is 0 Å². The van der Waals surface area contributed by atoms with Crippen LogP contribution >= 0.6 is 0 Å². The minimum Gasteiger partial charge on any atom is -0.364 e. The zero-order valence-electron chi connectivity index (χ0n) is 20.9. The van der Waals surface area contributed by atoms with Crippen molar-refractivity contribution in [2.45, 2.75) is 64.0 Å². The Labute approximate surface area is 216 Å². The van der Waals surface area contributed by atoms with Crippen molar-refractivity contribution in [3.05, 3.63) is 41.1 Å². The van der Waals surface area contributed by atoms with Gasteiger partial charge in [-0.1, -0.05) is 19.0 Å². The lowest BCUT2D eigenvalue weighted by molar-refractivity contribution is -0.214. The molecule has 1 aliphatic heterocycles. The Kier molecular flexibility index (Phi) is 6.75. The number of hydrogen-bond acceptors (Lipinski definition) is 7. The molecule has 1 fully saturated rings. The second kappa shape index (κ2) is 9.37. The first kappa shape index (κ1) is 28.1. The number of urea groups is 1. The predicted octanol–water partition coefficient (Wildman–Crippen LogP) is 3.56. The van der Waals surface area contributed by atoms with E-state index in [0.717, 1.165) is 25.7 Å². The molecule has 3 aromatic rings. The van der Waals surface area contributed by atoms with E-state index >= 15 is 0 Å². The Morgan fingerprint density at radius 3 is 2.51 bits per heavy atom. The highest BCUT2D eigenvalue weighted by atomic mass is 19.4. The van der Waals surface area contributed by atoms with Crippen molar-refractivity contribution >= 4 is 17.6 Å². The summed E-state index contributed by atoms with van der Waals surface area (Å²) in [5.41, 5.74) is 1.11. The standard InChI is InChI=1S/C22H24F6N8O3/c1-19(2,21(23,24)25)5-4-12(15-16(17(29)37)34-39-33-15)13-9-36-14(31-13)6-11(7-30-36)8-35-10-20(3,22(26,27)28)32-18(35)38/h6-7,9,12H,4-5,8,10H2,1-3H3,(H2,29,37)(H,32,38)/t12-,20-/m0/s1. The molecule has 1 saturated heterocycles. The molecule has 0 unspecified atom stereocenters. The molecule has 0 saturated carbocycles. The number of amides is 3. The van der Waals surface area contributed by atoms with Gasteiger partial charge >= 0.3 is 18.4 Å². The molecule has 3 amide bonds. The molecule has 0 bridgehead atoms. The number of rotatable bonds is 8. The second-order valence-electron chi connectivity index (χ2n) is 10.3. The summed E-state index contributed by atoms with van der Waals surface area (Å²) < 4.78 is 86.5. The summed E-state index contributed by atoms with van der Waals surface area (Å²) in [5, 5.41) is 13.3. The van der Waals surface area contributed by atoms with Gasteiger partial charge in [-0.05, 0) is 36.6 Å². The number of nitrogens with zero attached hydrogens (tertiary/aromatic N) is 6. The Morgan fingerprint density at radius 1 is 1.23 bits per heavy atom. The molecule has 2 atom stereocenters. The number of carbonyl (C=O) groups excluding carboxylic acids is 2. The summed E-state index contributed by atoms with van der Waals surface area (Å²) >= 11 is 0. The van der Waals surface area contributed by atoms with Gasteiger partial charge in [-0.15, -0.1) is 0 Å². The van der Waals surface area contributed by atoms with E-state index in [1.807, 2.05) is 5.32 Å². The zero-order valence-corrected chi connectivity index (χ0v) is 20.9. The van der Waals surface area contributed by atoms with Gasteiger partial charge in [-0.3, -0.25) is 4.79 Å². The number of carbonyl (C=O) groups is 2. The Balaban J connectivity index is 1.64. The molecule has 17 heteroatoms. The molecule has 0 aromatic carbocycles. The van der Waals surface area contributed by atoms with Gasteiger partial charge in [-0.2, -0.15) is 31.4 Å². The number of alkyl halides is 6. The predicted molar refractivity (Wildman–Crippen MR) is 120 cm³/mol. The van der Waals surface area contributed by atoms with Crippen molar-refractivity contribution in [2.75, 3.05) is 6.54 Å². The lowest BCUT2D eigenvalue weighted by atomic mass is 9.82. The number of primary amides is 1. The van der Waals surface area contributed by atoms with Gasteiger partial charge in [0.25, 0.3) is 5.91 Å². The number of fused-ring (bicyclic) bond motifs is 1. The quantitative estimate of drug-likeness (QED) is 0.400. The molecule has 0 spiro atoms. The van der Waals surface area contributed by atoms with Gasteiger partial charge in [0.15, 0.2) is 16.9 Å². The largest absolute Gasteiger partial charge is 0.413 e. The van der Waals surface area contributed by atoms with E-state index in [0.29, 0.717) is 5.56 Å². The van der Waals surface area contributed by atoms with Crippen molar-refractivity contribution < 1.29 is 40.6 Å². The molecule has 4 rings (SSSR count). The second-order valence-corrected chi connectivity index (χ2v) is 10.3. The number of halogens is 6. The molecule has 1 aliphatic rings. The van der Waals surface area contributed by atoms with Crippen LogP contribution in [0, 0.1) is 5.41 Å². The zero-order chi connectivity index (χ0) is 29.0. The van der Waals surface area contributed by atoms with Crippen LogP contribution in [0.5, 0.6) is 0 Å². The fraction of sp³-hybridized carbons (Fsp3) is 0.545. The lowest BCUT2D eigenvalue weighted by Gasteiger charge is -2.28. The number of imidazole rings is 1. The molecular weight excluding hydrogens is 538 g/mol. The fourth-order valence-electron chi connectivity index (χ4n) is 4.17. The van der Waals surface area contributed by atoms with Crippen LogP contribution in [0.15, 0.2) is 23.1 Å². The van der Waals surface area contributed by atoms with E-state index in [1.54, 1.807) is 0 Å². The first-order chi connectivity index (χ1) is 17.9. The number of nitrogens with one attached hydrogen (secondary N) is 1. The fourth-order valence-corrected chi connectivity index (χ4v) is 4.17. The van der Waals surface area contributed by atoms with Gasteiger partial charge in [-0.25, -0.2) is 18.9 Å². The summed E-state index contributed by atoms with van der Waals surface area (Å²) in [5.74, 6) is -1.98. The van der Waals surface area contributed by atoms with Crippen LogP contribution in [-0.4, -0.2) is 66.2 Å². The average molecular weight is 562 g/mol. The summed E-state index contributed by atoms with van der Waals surface area (Å²) in [4.78, 5) is 29.4. The summed E-state index contributed by atoms with van der Waals surface area (Å²) in [6, 6.07) is 0.573. The minimum absolute atomic E-state index is 0.0933. The maximum absolute atomic E-state index is 13.5. The third kappa shape index (κ3) is 5.34. The SMILES string of the molecule is CC(C)(CC[C@@H](c1cn2ncc(CN3C[C@@](C)(C(F)(F)F)NC3=O)cc2n1)c1nonc1C(N)=O)C(F)(F)F. The molecule has 4 heterocycles. The van der Waals surface area contributed by atoms with Crippen LogP contribution in [0.1, 0.15) is 67.0 Å². The highest BCUT2D eigenvalue weighted by molar-refractivity contribution is 5.91. The maximum Gasteiger partial charge on any atom is 0.413 e. The van der Waals surface area contributed by atoms with Crippen LogP contribution in [0.2, 0.25) is 0 Å². The van der Waals surface area contributed by atoms with E-state index in [2.05, 4.69) is 25.0 Å². The molecule has 212 valence electrons. The monoisotopic (exact) mass is 562 g/mol. The van der Waals surface area contributed by atoms with E-state index in [4.69, 9.17) is 5.73 Å². The highest BCUT2D eigenvalue weighted by Crippen LogP contribution is 2.44. The van der Waals surface area contributed by atoms with Crippen LogP contribution in [0.25, 0.3) is 5.65 Å². The first-order valence-electron chi connectivity index (χ1n) is 11.6. The molecule has 0 radical (unpaired) electrons. The van der Waals surface area contributed by atoms with Gasteiger partial charge in [0.05, 0.1) is 36.0 Å². The molecule has 39 heavy (non-hydrogen) atoms. The van der Waals surface area contributed by atoms with E-state index in [9.17, 15) is 35.9 Å². The third-order valence-corrected chi connectivity index (χ3v) is 6.83. The molecule has 0 aliphatic carbocycles. The minimum atomic E-state index is -4.66. The van der Waals surface area contributed by atoms with E-state index in [-0.39, 0.29) is 42.1 Å². The lowest BCUT2D eigenvalue weighted by Crippen LogP contribution is -2.53. The number of nitrogens with two attached hydrogens (primary N) is 1. The van der Waals surface area contributed by atoms with Crippen LogP contribution < -0.4 is 11.1 Å². The van der Waals surface area contributed by atoms with Crippen molar-refractivity contribution in [3.8, 4) is 0 Å². The van der Waals surface area contributed by atoms with Crippen LogP contribution in [0.3, 0.4) is 0 Å². The number of hydrogen-bond donors (Lipinski definition) is 2. The molecule has 3 aromatic heterocycles. The highest BCUT2D eigenvalue weighted by Gasteiger charge is 2.57. The number of aromatic nitrogens is 5. The molecule has 3 N–H and O–H groups in total. The van der Waals surface area contributed by atoms with Crippen molar-refractivity contribution in [1.82, 2.24) is 35.1 Å². The Morgan fingerprint density at radius 2 is 1.92 bits per heavy atom. The van der Waals surface area contributed by atoms with Crippen LogP contribution in [-0.2, 0) is 6.54 Å². The molecular formula is C22H24F6N8O3. The van der Waals surface area contributed by atoms with E-state index in [1.165, 1.54) is 23.0 Å².